The Morgan fingerprint density at radius 3 is 1.76 bits per heavy atom. The Kier molecular flexibility index (Phi) is 14.5. The van der Waals surface area contributed by atoms with Gasteiger partial charge in [0.1, 0.15) is 18.3 Å². The van der Waals surface area contributed by atoms with Gasteiger partial charge in [-0.1, -0.05) is 84.0 Å². The summed E-state index contributed by atoms with van der Waals surface area (Å²) in [6, 6.07) is 0. The Morgan fingerprint density at radius 2 is 1.28 bits per heavy atom. The molecule has 0 aliphatic carbocycles. The zero-order valence-corrected chi connectivity index (χ0v) is 18.0. The second kappa shape index (κ2) is 16.0. The molecule has 7 nitrogen and oxygen atoms in total. The maximum Gasteiger partial charge on any atom is 0.306 e. The predicted molar refractivity (Wildman–Crippen MR) is 110 cm³/mol. The molecule has 0 saturated carbocycles. The Morgan fingerprint density at radius 1 is 0.793 bits per heavy atom. The van der Waals surface area contributed by atoms with Gasteiger partial charge in [0, 0.05) is 6.42 Å². The number of hydrogen-bond acceptors (Lipinski definition) is 7. The molecule has 5 atom stereocenters. The van der Waals surface area contributed by atoms with Crippen LogP contribution in [0.25, 0.3) is 0 Å². The standard InChI is InChI=1S/C22H42O7/c1-2-3-4-5-6-7-8-9-10-11-12-13-14-15-18(24)29-21-17(16-23)28-22(27)20(26)19(21)25/h17,19-23,25-27H,2-16H2,1H3/t17-,19-,20+,21+,22?/m0/s1. The van der Waals surface area contributed by atoms with Crippen molar-refractivity contribution in [2.75, 3.05) is 6.61 Å². The molecule has 0 amide bonds. The highest BCUT2D eigenvalue weighted by Gasteiger charge is 2.45. The zero-order valence-electron chi connectivity index (χ0n) is 18.0. The second-order valence-corrected chi connectivity index (χ2v) is 8.18. The zero-order chi connectivity index (χ0) is 21.5. The summed E-state index contributed by atoms with van der Waals surface area (Å²) >= 11 is 0. The minimum Gasteiger partial charge on any atom is -0.457 e. The van der Waals surface area contributed by atoms with Crippen molar-refractivity contribution in [1.29, 1.82) is 0 Å². The van der Waals surface area contributed by atoms with Gasteiger partial charge in [-0.2, -0.15) is 0 Å². The normalized spacial score (nSPS) is 27.1. The summed E-state index contributed by atoms with van der Waals surface area (Å²) in [7, 11) is 0. The molecule has 1 rings (SSSR count). The number of carbonyl (C=O) groups is 1. The van der Waals surface area contributed by atoms with Crippen molar-refractivity contribution in [3.8, 4) is 0 Å². The molecule has 4 N–H and O–H groups in total. The Bertz CT molecular complexity index is 416. The smallest absolute Gasteiger partial charge is 0.306 e. The molecule has 1 aliphatic heterocycles. The lowest BCUT2D eigenvalue weighted by Crippen LogP contribution is -2.59. The number of unbranched alkanes of at least 4 members (excludes halogenated alkanes) is 12. The molecule has 1 heterocycles. The lowest BCUT2D eigenvalue weighted by atomic mass is 9.99. The minimum atomic E-state index is -1.61. The molecule has 0 radical (unpaired) electrons. The number of aliphatic hydroxyl groups is 4. The quantitative estimate of drug-likeness (QED) is 0.225. The van der Waals surface area contributed by atoms with Crippen LogP contribution in [-0.4, -0.2) is 63.7 Å². The van der Waals surface area contributed by atoms with Gasteiger partial charge < -0.3 is 29.9 Å². The van der Waals surface area contributed by atoms with Crippen LogP contribution in [0, 0.1) is 0 Å². The van der Waals surface area contributed by atoms with Gasteiger partial charge >= 0.3 is 5.97 Å². The SMILES string of the molecule is CCCCCCCCCCCCCCCC(=O)O[C@H]1[C@@H](O)[C@@H](O)C(O)O[C@H]1CO. The van der Waals surface area contributed by atoms with Gasteiger partial charge in [0.25, 0.3) is 0 Å². The van der Waals surface area contributed by atoms with Crippen LogP contribution in [0.4, 0.5) is 0 Å². The first-order chi connectivity index (χ1) is 14.0. The van der Waals surface area contributed by atoms with Crippen molar-refractivity contribution in [3.63, 3.8) is 0 Å². The topological polar surface area (TPSA) is 116 Å². The number of esters is 1. The van der Waals surface area contributed by atoms with Crippen molar-refractivity contribution < 1.29 is 34.7 Å². The third-order valence-corrected chi connectivity index (χ3v) is 5.59. The van der Waals surface area contributed by atoms with E-state index in [0.29, 0.717) is 6.42 Å². The number of hydrogen-bond donors (Lipinski definition) is 4. The minimum absolute atomic E-state index is 0.220. The first-order valence-electron chi connectivity index (χ1n) is 11.5. The van der Waals surface area contributed by atoms with Crippen LogP contribution >= 0.6 is 0 Å². The number of rotatable bonds is 16. The van der Waals surface area contributed by atoms with Crippen molar-refractivity contribution in [2.24, 2.45) is 0 Å². The van der Waals surface area contributed by atoms with Crippen molar-refractivity contribution in [2.45, 2.75) is 128 Å². The van der Waals surface area contributed by atoms with Crippen LogP contribution in [0.15, 0.2) is 0 Å². The summed E-state index contributed by atoms with van der Waals surface area (Å²) in [6.07, 6.45) is 9.13. The number of ether oxygens (including phenoxy) is 2. The summed E-state index contributed by atoms with van der Waals surface area (Å²) in [4.78, 5) is 12.0. The van der Waals surface area contributed by atoms with E-state index in [0.717, 1.165) is 12.8 Å². The molecule has 0 aromatic carbocycles. The molecule has 172 valence electrons. The summed E-state index contributed by atoms with van der Waals surface area (Å²) in [5.74, 6) is -0.497. The van der Waals surface area contributed by atoms with E-state index in [1.165, 1.54) is 64.2 Å². The van der Waals surface area contributed by atoms with Gasteiger partial charge in [0.15, 0.2) is 12.4 Å². The molecule has 0 bridgehead atoms. The summed E-state index contributed by atoms with van der Waals surface area (Å²) in [6.45, 7) is 1.71. The van der Waals surface area contributed by atoms with Crippen LogP contribution < -0.4 is 0 Å². The lowest BCUT2D eigenvalue weighted by Gasteiger charge is -2.39. The van der Waals surface area contributed by atoms with Gasteiger partial charge in [-0.15, -0.1) is 0 Å². The van der Waals surface area contributed by atoms with Gasteiger partial charge in [-0.25, -0.2) is 0 Å². The predicted octanol–water partition coefficient (Wildman–Crippen LogP) is 2.81. The van der Waals surface area contributed by atoms with Gasteiger partial charge in [0.05, 0.1) is 6.61 Å². The Balaban J connectivity index is 2.02. The average molecular weight is 419 g/mol. The van der Waals surface area contributed by atoms with E-state index in [1.807, 2.05) is 0 Å². The van der Waals surface area contributed by atoms with Crippen LogP contribution in [0.2, 0.25) is 0 Å². The van der Waals surface area contributed by atoms with E-state index < -0.39 is 43.3 Å². The molecule has 0 spiro atoms. The monoisotopic (exact) mass is 418 g/mol. The van der Waals surface area contributed by atoms with E-state index in [-0.39, 0.29) is 6.42 Å². The molecule has 1 unspecified atom stereocenters. The number of aliphatic hydroxyl groups excluding tert-OH is 4. The fourth-order valence-corrected chi connectivity index (χ4v) is 3.71. The Labute approximate surface area is 175 Å². The van der Waals surface area contributed by atoms with Crippen molar-refractivity contribution in [1.82, 2.24) is 0 Å². The first-order valence-corrected chi connectivity index (χ1v) is 11.5. The molecule has 29 heavy (non-hydrogen) atoms. The fourth-order valence-electron chi connectivity index (χ4n) is 3.71. The van der Waals surface area contributed by atoms with E-state index >= 15 is 0 Å². The molecule has 7 heteroatoms. The van der Waals surface area contributed by atoms with Crippen molar-refractivity contribution >= 4 is 5.97 Å². The number of carbonyl (C=O) groups excluding carboxylic acids is 1. The highest BCUT2D eigenvalue weighted by atomic mass is 16.7. The van der Waals surface area contributed by atoms with Crippen LogP contribution in [0.3, 0.4) is 0 Å². The second-order valence-electron chi connectivity index (χ2n) is 8.18. The third kappa shape index (κ3) is 10.7. The van der Waals surface area contributed by atoms with Gasteiger partial charge in [0.2, 0.25) is 0 Å². The van der Waals surface area contributed by atoms with Crippen molar-refractivity contribution in [3.05, 3.63) is 0 Å². The first kappa shape index (κ1) is 26.3. The van der Waals surface area contributed by atoms with Crippen LogP contribution in [0.5, 0.6) is 0 Å². The van der Waals surface area contributed by atoms with Crippen LogP contribution in [0.1, 0.15) is 96.8 Å². The maximum absolute atomic E-state index is 12.0. The molecule has 0 aromatic heterocycles. The highest BCUT2D eigenvalue weighted by molar-refractivity contribution is 5.69. The Hall–Kier alpha value is -0.730. The van der Waals surface area contributed by atoms with Crippen LogP contribution in [-0.2, 0) is 14.3 Å². The molecular formula is C22H42O7. The average Bonchev–Trinajstić information content (AvgIpc) is 2.71. The highest BCUT2D eigenvalue weighted by Crippen LogP contribution is 2.23. The molecule has 1 saturated heterocycles. The van der Waals surface area contributed by atoms with Gasteiger partial charge in [-0.05, 0) is 6.42 Å². The fraction of sp³-hybridized carbons (Fsp3) is 0.955. The van der Waals surface area contributed by atoms with E-state index in [2.05, 4.69) is 6.92 Å². The maximum atomic E-state index is 12.0. The van der Waals surface area contributed by atoms with E-state index in [1.54, 1.807) is 0 Å². The molecule has 0 aromatic rings. The van der Waals surface area contributed by atoms with E-state index in [4.69, 9.17) is 9.47 Å². The van der Waals surface area contributed by atoms with E-state index in [9.17, 15) is 25.2 Å². The molecular weight excluding hydrogens is 376 g/mol. The summed E-state index contributed by atoms with van der Waals surface area (Å²) in [5.41, 5.74) is 0. The largest absolute Gasteiger partial charge is 0.457 e. The summed E-state index contributed by atoms with van der Waals surface area (Å²) in [5, 5.41) is 38.3. The third-order valence-electron chi connectivity index (χ3n) is 5.59. The lowest BCUT2D eigenvalue weighted by molar-refractivity contribution is -0.289. The van der Waals surface area contributed by atoms with Gasteiger partial charge in [-0.3, -0.25) is 4.79 Å². The molecule has 1 fully saturated rings. The molecule has 1 aliphatic rings. The summed E-state index contributed by atoms with van der Waals surface area (Å²) < 4.78 is 10.2.